The first-order valence-corrected chi connectivity index (χ1v) is 3.45. The van der Waals surface area contributed by atoms with E-state index in [0.29, 0.717) is 0 Å². The molecule has 0 atom stereocenters. The molecule has 0 fully saturated rings. The van der Waals surface area contributed by atoms with Crippen molar-refractivity contribution in [2.45, 2.75) is 12.6 Å². The lowest BCUT2D eigenvalue weighted by atomic mass is 10.1. The minimum atomic E-state index is -4.53. The van der Waals surface area contributed by atoms with Crippen molar-refractivity contribution in [2.24, 2.45) is 10.2 Å². The molecule has 1 heterocycles. The van der Waals surface area contributed by atoms with E-state index in [2.05, 4.69) is 10.2 Å². The zero-order valence-electron chi connectivity index (χ0n) is 6.22. The number of hydrogen-bond acceptors (Lipinski definition) is 3. The highest BCUT2D eigenvalue weighted by Gasteiger charge is 2.44. The molecule has 0 aromatic heterocycles. The Hall–Kier alpha value is -1.46. The Morgan fingerprint density at radius 2 is 2.00 bits per heavy atom. The smallest absolute Gasteiger partial charge is 0.294 e. The van der Waals surface area contributed by atoms with Crippen LogP contribution in [0.5, 0.6) is 0 Å². The first-order chi connectivity index (χ1) is 5.98. The van der Waals surface area contributed by atoms with E-state index >= 15 is 0 Å². The molecule has 0 radical (unpaired) electrons. The van der Waals surface area contributed by atoms with Crippen LogP contribution in [0, 0.1) is 0 Å². The Morgan fingerprint density at radius 1 is 1.31 bits per heavy atom. The zero-order valence-corrected chi connectivity index (χ0v) is 6.22. The van der Waals surface area contributed by atoms with Crippen LogP contribution >= 0.6 is 0 Å². The summed E-state index contributed by atoms with van der Waals surface area (Å²) in [5.41, 5.74) is -1.11. The lowest BCUT2D eigenvalue weighted by molar-refractivity contribution is -0.113. The second kappa shape index (κ2) is 2.27. The first kappa shape index (κ1) is 8.15. The molecule has 13 heavy (non-hydrogen) atoms. The molecule has 0 spiro atoms. The third-order valence-corrected chi connectivity index (χ3v) is 1.75. The van der Waals surface area contributed by atoms with Crippen molar-refractivity contribution < 1.29 is 18.0 Å². The van der Waals surface area contributed by atoms with Crippen LogP contribution < -0.4 is 0 Å². The second-order valence-corrected chi connectivity index (χ2v) is 2.69. The van der Waals surface area contributed by atoms with Gasteiger partial charge in [-0.25, -0.2) is 0 Å². The van der Waals surface area contributed by atoms with E-state index in [1.807, 2.05) is 0 Å². The van der Waals surface area contributed by atoms with Gasteiger partial charge in [0.1, 0.15) is 0 Å². The highest BCUT2D eigenvalue weighted by atomic mass is 19.4. The largest absolute Gasteiger partial charge is 0.435 e. The van der Waals surface area contributed by atoms with Crippen molar-refractivity contribution in [1.82, 2.24) is 0 Å². The fraction of sp³-hybridized carbons (Fsp3) is 0.286. The molecule has 0 saturated heterocycles. The van der Waals surface area contributed by atoms with Gasteiger partial charge in [0, 0.05) is 5.57 Å². The molecule has 0 amide bonds. The van der Waals surface area contributed by atoms with Crippen molar-refractivity contribution in [3.05, 3.63) is 11.6 Å². The SMILES string of the molecule is O=C1C=C2C(=NN=C2C(F)(F)F)C1. The predicted octanol–water partition coefficient (Wildman–Crippen LogP) is 1.26. The Labute approximate surface area is 70.6 Å². The van der Waals surface area contributed by atoms with Gasteiger partial charge in [-0.1, -0.05) is 0 Å². The maximum absolute atomic E-state index is 12.2. The molecule has 0 aromatic rings. The summed E-state index contributed by atoms with van der Waals surface area (Å²) in [7, 11) is 0. The molecule has 0 aromatic carbocycles. The van der Waals surface area contributed by atoms with Gasteiger partial charge in [-0.05, 0) is 6.08 Å². The standard InChI is InChI=1S/C7H3F3N2O/c8-7(9,10)6-4-1-3(13)2-5(4)11-12-6/h1H,2H2. The third-order valence-electron chi connectivity index (χ3n) is 1.75. The number of alkyl halides is 3. The molecule has 2 rings (SSSR count). The lowest BCUT2D eigenvalue weighted by Crippen LogP contribution is -2.24. The molecule has 0 bridgehead atoms. The maximum Gasteiger partial charge on any atom is 0.435 e. The van der Waals surface area contributed by atoms with Crippen LogP contribution in [0.4, 0.5) is 13.2 Å². The Morgan fingerprint density at radius 3 is 2.62 bits per heavy atom. The van der Waals surface area contributed by atoms with E-state index in [9.17, 15) is 18.0 Å². The molecule has 2 aliphatic rings. The van der Waals surface area contributed by atoms with E-state index in [4.69, 9.17) is 0 Å². The molecule has 0 saturated carbocycles. The number of nitrogens with zero attached hydrogens (tertiary/aromatic N) is 2. The van der Waals surface area contributed by atoms with Gasteiger partial charge in [0.2, 0.25) is 0 Å². The molecular weight excluding hydrogens is 185 g/mol. The van der Waals surface area contributed by atoms with Gasteiger partial charge in [0.15, 0.2) is 11.5 Å². The zero-order chi connectivity index (χ0) is 9.64. The summed E-state index contributed by atoms with van der Waals surface area (Å²) in [6.45, 7) is 0. The van der Waals surface area contributed by atoms with Gasteiger partial charge in [0.05, 0.1) is 12.1 Å². The first-order valence-electron chi connectivity index (χ1n) is 3.45. The van der Waals surface area contributed by atoms with Crippen LogP contribution in [0.1, 0.15) is 6.42 Å². The van der Waals surface area contributed by atoms with Crippen LogP contribution in [0.15, 0.2) is 21.9 Å². The predicted molar refractivity (Wildman–Crippen MR) is 38.6 cm³/mol. The van der Waals surface area contributed by atoms with Crippen molar-refractivity contribution in [1.29, 1.82) is 0 Å². The van der Waals surface area contributed by atoms with Gasteiger partial charge < -0.3 is 0 Å². The molecule has 1 aliphatic heterocycles. The summed E-state index contributed by atoms with van der Waals surface area (Å²) in [6, 6.07) is 0. The number of halogens is 3. The molecule has 68 valence electrons. The van der Waals surface area contributed by atoms with Gasteiger partial charge in [0.25, 0.3) is 0 Å². The van der Waals surface area contributed by atoms with E-state index in [-0.39, 0.29) is 23.5 Å². The monoisotopic (exact) mass is 188 g/mol. The highest BCUT2D eigenvalue weighted by molar-refractivity contribution is 6.37. The summed E-state index contributed by atoms with van der Waals surface area (Å²) in [4.78, 5) is 10.7. The minimum absolute atomic E-state index is 0.0710. The van der Waals surface area contributed by atoms with Crippen molar-refractivity contribution in [3.63, 3.8) is 0 Å². The second-order valence-electron chi connectivity index (χ2n) is 2.69. The fourth-order valence-corrected chi connectivity index (χ4v) is 1.22. The molecule has 6 heteroatoms. The molecular formula is C7H3F3N2O. The third kappa shape index (κ3) is 1.18. The number of ketones is 1. The van der Waals surface area contributed by atoms with Crippen LogP contribution in [0.3, 0.4) is 0 Å². The number of allylic oxidation sites excluding steroid dienone is 2. The van der Waals surface area contributed by atoms with Crippen molar-refractivity contribution in [3.8, 4) is 0 Å². The number of fused-ring (bicyclic) bond motifs is 1. The quantitative estimate of drug-likeness (QED) is 0.564. The summed E-state index contributed by atoms with van der Waals surface area (Å²) < 4.78 is 36.5. The molecule has 0 unspecified atom stereocenters. The van der Waals surface area contributed by atoms with Gasteiger partial charge in [-0.3, -0.25) is 4.79 Å². The number of rotatable bonds is 0. The maximum atomic E-state index is 12.2. The molecule has 1 aliphatic carbocycles. The molecule has 0 N–H and O–H groups in total. The summed E-state index contributed by atoms with van der Waals surface area (Å²) >= 11 is 0. The van der Waals surface area contributed by atoms with Crippen LogP contribution in [-0.4, -0.2) is 23.4 Å². The van der Waals surface area contributed by atoms with Crippen LogP contribution in [0.25, 0.3) is 0 Å². The summed E-state index contributed by atoms with van der Waals surface area (Å²) in [6.07, 6.45) is -3.65. The van der Waals surface area contributed by atoms with Gasteiger partial charge in [-0.15, -0.1) is 5.10 Å². The lowest BCUT2D eigenvalue weighted by Gasteiger charge is -2.04. The van der Waals surface area contributed by atoms with E-state index < -0.39 is 11.9 Å². The molecule has 3 nitrogen and oxygen atoms in total. The van der Waals surface area contributed by atoms with Gasteiger partial charge in [-0.2, -0.15) is 18.3 Å². The normalized spacial score (nSPS) is 21.2. The van der Waals surface area contributed by atoms with Crippen LogP contribution in [-0.2, 0) is 4.79 Å². The van der Waals surface area contributed by atoms with E-state index in [1.165, 1.54) is 0 Å². The van der Waals surface area contributed by atoms with E-state index in [1.54, 1.807) is 0 Å². The summed E-state index contributed by atoms with van der Waals surface area (Å²) in [5.74, 6) is -0.356. The van der Waals surface area contributed by atoms with Gasteiger partial charge >= 0.3 is 6.18 Å². The fourth-order valence-electron chi connectivity index (χ4n) is 1.22. The average molecular weight is 188 g/mol. The highest BCUT2D eigenvalue weighted by Crippen LogP contribution is 2.30. The number of carbonyl (C=O) groups excluding carboxylic acids is 1. The number of hydrogen-bond donors (Lipinski definition) is 0. The Balaban J connectivity index is 2.40. The Bertz CT molecular complexity index is 376. The van der Waals surface area contributed by atoms with Crippen molar-refractivity contribution >= 4 is 17.2 Å². The summed E-state index contributed by atoms with van der Waals surface area (Å²) in [5, 5.41) is 6.28. The number of carbonyl (C=O) groups is 1. The van der Waals surface area contributed by atoms with E-state index in [0.717, 1.165) is 6.08 Å². The minimum Gasteiger partial charge on any atom is -0.294 e. The topological polar surface area (TPSA) is 41.8 Å². The average Bonchev–Trinajstić information content (AvgIpc) is 2.41. The Kier molecular flexibility index (Phi) is 1.43. The van der Waals surface area contributed by atoms with Crippen LogP contribution in [0.2, 0.25) is 0 Å². The van der Waals surface area contributed by atoms with Crippen molar-refractivity contribution in [2.75, 3.05) is 0 Å².